The van der Waals surface area contributed by atoms with Gasteiger partial charge in [-0.25, -0.2) is 14.4 Å². The molecule has 2 aliphatic rings. The second-order valence-corrected chi connectivity index (χ2v) is 7.94. The molecule has 0 aliphatic carbocycles. The summed E-state index contributed by atoms with van der Waals surface area (Å²) < 4.78 is 19.2. The Morgan fingerprint density at radius 2 is 2.00 bits per heavy atom. The van der Waals surface area contributed by atoms with Crippen molar-refractivity contribution in [2.24, 2.45) is 0 Å². The smallest absolute Gasteiger partial charge is 0.140 e. The molecule has 134 valence electrons. The van der Waals surface area contributed by atoms with Gasteiger partial charge in [0.05, 0.1) is 12.5 Å². The number of aromatic nitrogens is 2. The van der Waals surface area contributed by atoms with Crippen LogP contribution in [0.25, 0.3) is 20.7 Å². The molecule has 2 fully saturated rings. The average molecular weight is 370 g/mol. The van der Waals surface area contributed by atoms with E-state index < -0.39 is 0 Å². The highest BCUT2D eigenvalue weighted by molar-refractivity contribution is 7.22. The Kier molecular flexibility index (Phi) is 3.79. The zero-order valence-corrected chi connectivity index (χ0v) is 15.2. The van der Waals surface area contributed by atoms with Gasteiger partial charge in [0.25, 0.3) is 0 Å². The van der Waals surface area contributed by atoms with Gasteiger partial charge in [-0.2, -0.15) is 0 Å². The fourth-order valence-corrected chi connectivity index (χ4v) is 5.08. The van der Waals surface area contributed by atoms with Crippen molar-refractivity contribution < 1.29 is 9.13 Å². The van der Waals surface area contributed by atoms with Crippen LogP contribution < -0.4 is 15.0 Å². The SMILES string of the molecule is COc1ccc(F)cc1-c1cc2c(N3CC4CCC(C3)N4)ncnc2s1. The van der Waals surface area contributed by atoms with Gasteiger partial charge in [-0.15, -0.1) is 11.3 Å². The van der Waals surface area contributed by atoms with Crippen LogP contribution in [0, 0.1) is 5.82 Å². The van der Waals surface area contributed by atoms with Gasteiger partial charge in [-0.05, 0) is 37.1 Å². The molecule has 0 spiro atoms. The quantitative estimate of drug-likeness (QED) is 0.765. The highest BCUT2D eigenvalue weighted by Gasteiger charge is 2.33. The molecule has 2 aliphatic heterocycles. The number of methoxy groups -OCH3 is 1. The number of hydrogen-bond acceptors (Lipinski definition) is 6. The van der Waals surface area contributed by atoms with Crippen molar-refractivity contribution in [1.29, 1.82) is 0 Å². The van der Waals surface area contributed by atoms with E-state index in [0.717, 1.165) is 39.6 Å². The van der Waals surface area contributed by atoms with Crippen LogP contribution in [0.4, 0.5) is 10.2 Å². The zero-order valence-electron chi connectivity index (χ0n) is 14.4. The minimum Gasteiger partial charge on any atom is -0.496 e. The number of piperazine rings is 1. The maximum atomic E-state index is 13.8. The summed E-state index contributed by atoms with van der Waals surface area (Å²) in [5.74, 6) is 1.36. The van der Waals surface area contributed by atoms with Crippen LogP contribution in [0.1, 0.15) is 12.8 Å². The predicted octanol–water partition coefficient (Wildman–Crippen LogP) is 3.45. The maximum Gasteiger partial charge on any atom is 0.140 e. The topological polar surface area (TPSA) is 50.3 Å². The number of benzene rings is 1. The molecule has 7 heteroatoms. The third-order valence-electron chi connectivity index (χ3n) is 5.25. The summed E-state index contributed by atoms with van der Waals surface area (Å²) >= 11 is 1.54. The monoisotopic (exact) mass is 370 g/mol. The van der Waals surface area contributed by atoms with E-state index in [-0.39, 0.29) is 5.82 Å². The molecule has 2 saturated heterocycles. The number of fused-ring (bicyclic) bond motifs is 3. The lowest BCUT2D eigenvalue weighted by Crippen LogP contribution is -2.51. The Morgan fingerprint density at radius 3 is 2.77 bits per heavy atom. The average Bonchev–Trinajstić information content (AvgIpc) is 3.24. The van der Waals surface area contributed by atoms with Gasteiger partial charge in [0.15, 0.2) is 0 Å². The van der Waals surface area contributed by atoms with Crippen LogP contribution in [0.5, 0.6) is 5.75 Å². The summed E-state index contributed by atoms with van der Waals surface area (Å²) in [4.78, 5) is 13.3. The summed E-state index contributed by atoms with van der Waals surface area (Å²) in [6.45, 7) is 1.94. The Bertz CT molecular complexity index is 963. The minimum absolute atomic E-state index is 0.275. The third-order valence-corrected chi connectivity index (χ3v) is 6.33. The van der Waals surface area contributed by atoms with Gasteiger partial charge in [0, 0.05) is 35.6 Å². The van der Waals surface area contributed by atoms with E-state index in [1.54, 1.807) is 30.8 Å². The standard InChI is InChI=1S/C19H19FN4OS/c1-25-16-5-2-11(20)6-14(16)17-7-15-18(21-10-22-19(15)26-17)24-8-12-3-4-13(9-24)23-12/h2,5-7,10,12-13,23H,3-4,8-9H2,1H3. The second-order valence-electron chi connectivity index (χ2n) is 6.91. The molecule has 2 atom stereocenters. The Morgan fingerprint density at radius 1 is 1.19 bits per heavy atom. The first kappa shape index (κ1) is 16.0. The Labute approximate surface area is 154 Å². The lowest BCUT2D eigenvalue weighted by atomic mass is 10.1. The van der Waals surface area contributed by atoms with Crippen LogP contribution in [0.3, 0.4) is 0 Å². The Balaban J connectivity index is 1.60. The van der Waals surface area contributed by atoms with Crippen LogP contribution in [0.15, 0.2) is 30.6 Å². The molecular weight excluding hydrogens is 351 g/mol. The van der Waals surface area contributed by atoms with E-state index in [1.165, 1.54) is 25.0 Å². The highest BCUT2D eigenvalue weighted by atomic mass is 32.1. The molecule has 5 nitrogen and oxygen atoms in total. The van der Waals surface area contributed by atoms with E-state index in [0.29, 0.717) is 17.8 Å². The van der Waals surface area contributed by atoms with Crippen LogP contribution in [0.2, 0.25) is 0 Å². The van der Waals surface area contributed by atoms with Crippen molar-refractivity contribution in [3.63, 3.8) is 0 Å². The van der Waals surface area contributed by atoms with Gasteiger partial charge in [0.1, 0.15) is 28.5 Å². The number of hydrogen-bond donors (Lipinski definition) is 1. The predicted molar refractivity (Wildman–Crippen MR) is 102 cm³/mol. The van der Waals surface area contributed by atoms with Gasteiger partial charge in [-0.3, -0.25) is 0 Å². The third kappa shape index (κ3) is 2.62. The molecule has 2 aromatic heterocycles. The van der Waals surface area contributed by atoms with Crippen molar-refractivity contribution in [2.45, 2.75) is 24.9 Å². The van der Waals surface area contributed by atoms with E-state index in [2.05, 4.69) is 26.3 Å². The number of thiophene rings is 1. The fraction of sp³-hybridized carbons (Fsp3) is 0.368. The van der Waals surface area contributed by atoms with Crippen LogP contribution in [-0.2, 0) is 0 Å². The first-order valence-corrected chi connectivity index (χ1v) is 9.62. The molecule has 1 aromatic carbocycles. The van der Waals surface area contributed by atoms with Gasteiger partial charge >= 0.3 is 0 Å². The molecule has 4 heterocycles. The number of anilines is 1. The van der Waals surface area contributed by atoms with Crippen molar-refractivity contribution in [3.05, 3.63) is 36.4 Å². The van der Waals surface area contributed by atoms with Gasteiger partial charge in [0.2, 0.25) is 0 Å². The number of ether oxygens (including phenoxy) is 1. The minimum atomic E-state index is -0.275. The first-order valence-electron chi connectivity index (χ1n) is 8.81. The number of halogens is 1. The lowest BCUT2D eigenvalue weighted by molar-refractivity contribution is 0.415. The van der Waals surface area contributed by atoms with Crippen LogP contribution >= 0.6 is 11.3 Å². The molecule has 5 rings (SSSR count). The first-order chi connectivity index (χ1) is 12.7. The number of rotatable bonds is 3. The molecule has 2 unspecified atom stereocenters. The zero-order chi connectivity index (χ0) is 17.7. The van der Waals surface area contributed by atoms with Crippen molar-refractivity contribution in [2.75, 3.05) is 25.1 Å². The summed E-state index contributed by atoms with van der Waals surface area (Å²) in [7, 11) is 1.60. The number of nitrogens with zero attached hydrogens (tertiary/aromatic N) is 3. The summed E-state index contributed by atoms with van der Waals surface area (Å²) in [6, 6.07) is 7.74. The van der Waals surface area contributed by atoms with Crippen molar-refractivity contribution in [3.8, 4) is 16.2 Å². The van der Waals surface area contributed by atoms with Crippen LogP contribution in [-0.4, -0.2) is 42.3 Å². The highest BCUT2D eigenvalue weighted by Crippen LogP contribution is 2.40. The Hall–Kier alpha value is -2.25. The van der Waals surface area contributed by atoms with Crippen molar-refractivity contribution in [1.82, 2.24) is 15.3 Å². The van der Waals surface area contributed by atoms with E-state index in [4.69, 9.17) is 4.74 Å². The second kappa shape index (κ2) is 6.17. The molecule has 1 N–H and O–H groups in total. The molecule has 26 heavy (non-hydrogen) atoms. The van der Waals surface area contributed by atoms with Gasteiger partial charge < -0.3 is 15.0 Å². The lowest BCUT2D eigenvalue weighted by Gasteiger charge is -2.33. The summed E-state index contributed by atoms with van der Waals surface area (Å²) in [5.41, 5.74) is 0.752. The molecule has 0 saturated carbocycles. The molecule has 3 aromatic rings. The molecular formula is C19H19FN4OS. The van der Waals surface area contributed by atoms with Gasteiger partial charge in [-0.1, -0.05) is 0 Å². The molecule has 0 radical (unpaired) electrons. The van der Waals surface area contributed by atoms with E-state index in [1.807, 2.05) is 0 Å². The normalized spacial score (nSPS) is 22.2. The molecule has 2 bridgehead atoms. The van der Waals surface area contributed by atoms with E-state index >= 15 is 0 Å². The fourth-order valence-electron chi connectivity index (χ4n) is 4.07. The largest absolute Gasteiger partial charge is 0.496 e. The summed E-state index contributed by atoms with van der Waals surface area (Å²) in [5, 5.41) is 4.68. The maximum absolute atomic E-state index is 13.8. The summed E-state index contributed by atoms with van der Waals surface area (Å²) in [6.07, 6.45) is 4.08. The van der Waals surface area contributed by atoms with E-state index in [9.17, 15) is 4.39 Å². The van der Waals surface area contributed by atoms with Crippen molar-refractivity contribution >= 4 is 27.4 Å². The molecule has 0 amide bonds. The number of nitrogens with one attached hydrogen (secondary N) is 1.